The summed E-state index contributed by atoms with van der Waals surface area (Å²) in [6.45, 7) is 7.37. The maximum Gasteiger partial charge on any atom is 0.139 e. The van der Waals surface area contributed by atoms with Crippen LogP contribution in [0.2, 0.25) is 0 Å². The largest absolute Gasteiger partial charge is 0.390 e. The third-order valence-corrected chi connectivity index (χ3v) is 5.57. The van der Waals surface area contributed by atoms with Crippen LogP contribution >= 0.6 is 0 Å². The van der Waals surface area contributed by atoms with E-state index < -0.39 is 29.2 Å². The van der Waals surface area contributed by atoms with Crippen molar-refractivity contribution < 1.29 is 13.9 Å². The zero-order chi connectivity index (χ0) is 18.8. The number of aryl methyl sites for hydroxylation is 1. The van der Waals surface area contributed by atoms with Crippen molar-refractivity contribution in [1.82, 2.24) is 4.98 Å². The fourth-order valence-corrected chi connectivity index (χ4v) is 4.14. The number of aliphatic hydroxyl groups excluding tert-OH is 1. The SMILES string of the molecule is Cc1c[nH]c2c(-c3c(F)cc4c(c3F)[C@H](C)[C@@H](O)C(C)(C)N4)cccc12. The number of rotatable bonds is 1. The van der Waals surface area contributed by atoms with Gasteiger partial charge in [0.25, 0.3) is 0 Å². The van der Waals surface area contributed by atoms with Gasteiger partial charge in [0.15, 0.2) is 0 Å². The number of aromatic nitrogens is 1. The molecule has 0 saturated carbocycles. The molecule has 2 heterocycles. The van der Waals surface area contributed by atoms with Gasteiger partial charge in [-0.15, -0.1) is 0 Å². The summed E-state index contributed by atoms with van der Waals surface area (Å²) in [6.07, 6.45) is 1.05. The Morgan fingerprint density at radius 1 is 1.19 bits per heavy atom. The highest BCUT2D eigenvalue weighted by Crippen LogP contribution is 2.45. The summed E-state index contributed by atoms with van der Waals surface area (Å²) in [5.41, 5.74) is 2.23. The molecule has 3 aromatic rings. The molecular weight excluding hydrogens is 334 g/mol. The Labute approximate surface area is 151 Å². The monoisotopic (exact) mass is 356 g/mol. The third kappa shape index (κ3) is 2.27. The van der Waals surface area contributed by atoms with E-state index in [1.807, 2.05) is 33.0 Å². The second-order valence-electron chi connectivity index (χ2n) is 7.79. The number of benzene rings is 2. The summed E-state index contributed by atoms with van der Waals surface area (Å²) in [5, 5.41) is 14.6. The number of fused-ring (bicyclic) bond motifs is 2. The molecule has 0 amide bonds. The minimum absolute atomic E-state index is 0.0586. The van der Waals surface area contributed by atoms with Crippen molar-refractivity contribution in [3.05, 3.63) is 53.2 Å². The molecule has 0 aliphatic carbocycles. The van der Waals surface area contributed by atoms with Gasteiger partial charge in [0, 0.05) is 34.3 Å². The molecule has 1 aromatic heterocycles. The lowest BCUT2D eigenvalue weighted by Crippen LogP contribution is -2.50. The van der Waals surface area contributed by atoms with Crippen LogP contribution in [-0.2, 0) is 0 Å². The Morgan fingerprint density at radius 3 is 2.65 bits per heavy atom. The number of para-hydroxylation sites is 1. The molecule has 0 saturated heterocycles. The predicted molar refractivity (Wildman–Crippen MR) is 101 cm³/mol. The first kappa shape index (κ1) is 17.0. The number of anilines is 1. The standard InChI is InChI=1S/C21H22F2N2O/c1-10-9-24-19-12(10)6-5-7-13(19)17-14(22)8-15-16(18(17)23)11(2)20(26)21(3,4)25-15/h5-9,11,20,24-26H,1-4H3/t11-,20+/m0/s1. The van der Waals surface area contributed by atoms with Crippen LogP contribution in [0.3, 0.4) is 0 Å². The molecule has 0 unspecified atom stereocenters. The van der Waals surface area contributed by atoms with E-state index in [0.717, 1.165) is 10.9 Å². The maximum absolute atomic E-state index is 15.5. The first-order chi connectivity index (χ1) is 12.2. The molecule has 0 spiro atoms. The molecular formula is C21H22F2N2O. The number of hydrogen-bond donors (Lipinski definition) is 3. The number of H-pyrrole nitrogens is 1. The number of halogens is 2. The van der Waals surface area contributed by atoms with Crippen LogP contribution in [0.4, 0.5) is 14.5 Å². The second-order valence-corrected chi connectivity index (χ2v) is 7.79. The Kier molecular flexibility index (Phi) is 3.63. The summed E-state index contributed by atoms with van der Waals surface area (Å²) < 4.78 is 30.5. The molecule has 1 aliphatic rings. The summed E-state index contributed by atoms with van der Waals surface area (Å²) in [7, 11) is 0. The van der Waals surface area contributed by atoms with Crippen LogP contribution < -0.4 is 5.32 Å². The van der Waals surface area contributed by atoms with E-state index in [0.29, 0.717) is 22.3 Å². The maximum atomic E-state index is 15.5. The number of hydrogen-bond acceptors (Lipinski definition) is 2. The molecule has 26 heavy (non-hydrogen) atoms. The quantitative estimate of drug-likeness (QED) is 0.569. The first-order valence-electron chi connectivity index (χ1n) is 8.77. The van der Waals surface area contributed by atoms with E-state index in [2.05, 4.69) is 10.3 Å². The van der Waals surface area contributed by atoms with Crippen molar-refractivity contribution in [2.24, 2.45) is 0 Å². The molecule has 0 bridgehead atoms. The van der Waals surface area contributed by atoms with E-state index in [4.69, 9.17) is 0 Å². The lowest BCUT2D eigenvalue weighted by atomic mass is 9.78. The van der Waals surface area contributed by atoms with Crippen LogP contribution in [0.15, 0.2) is 30.5 Å². The molecule has 0 fully saturated rings. The van der Waals surface area contributed by atoms with Crippen molar-refractivity contribution >= 4 is 16.6 Å². The highest BCUT2D eigenvalue weighted by Gasteiger charge is 2.41. The van der Waals surface area contributed by atoms with E-state index in [1.165, 1.54) is 6.07 Å². The van der Waals surface area contributed by atoms with Crippen LogP contribution in [0.25, 0.3) is 22.0 Å². The van der Waals surface area contributed by atoms with Crippen LogP contribution in [-0.4, -0.2) is 21.7 Å². The molecule has 3 N–H and O–H groups in total. The van der Waals surface area contributed by atoms with Crippen molar-refractivity contribution in [2.75, 3.05) is 5.32 Å². The van der Waals surface area contributed by atoms with Crippen LogP contribution in [0, 0.1) is 18.6 Å². The molecule has 4 rings (SSSR count). The average molecular weight is 356 g/mol. The van der Waals surface area contributed by atoms with Gasteiger partial charge in [-0.1, -0.05) is 25.1 Å². The van der Waals surface area contributed by atoms with E-state index in [9.17, 15) is 9.50 Å². The highest BCUT2D eigenvalue weighted by atomic mass is 19.1. The van der Waals surface area contributed by atoms with E-state index in [-0.39, 0.29) is 5.56 Å². The van der Waals surface area contributed by atoms with Gasteiger partial charge >= 0.3 is 0 Å². The first-order valence-corrected chi connectivity index (χ1v) is 8.77. The van der Waals surface area contributed by atoms with Crippen molar-refractivity contribution in [1.29, 1.82) is 0 Å². The van der Waals surface area contributed by atoms with Crippen LogP contribution in [0.1, 0.15) is 37.8 Å². The zero-order valence-corrected chi connectivity index (χ0v) is 15.2. The Morgan fingerprint density at radius 2 is 1.92 bits per heavy atom. The predicted octanol–water partition coefficient (Wildman–Crippen LogP) is 5.09. The topological polar surface area (TPSA) is 48.0 Å². The van der Waals surface area contributed by atoms with Gasteiger partial charge in [-0.05, 0) is 32.4 Å². The Balaban J connectivity index is 2.00. The molecule has 3 nitrogen and oxygen atoms in total. The van der Waals surface area contributed by atoms with Gasteiger partial charge in [0.05, 0.1) is 22.7 Å². The van der Waals surface area contributed by atoms with E-state index >= 15 is 4.39 Å². The highest BCUT2D eigenvalue weighted by molar-refractivity contribution is 5.96. The molecule has 5 heteroatoms. The number of aromatic amines is 1. The van der Waals surface area contributed by atoms with Gasteiger partial charge in [-0.25, -0.2) is 8.78 Å². The van der Waals surface area contributed by atoms with Gasteiger partial charge in [0.1, 0.15) is 11.6 Å². The number of nitrogens with one attached hydrogen (secondary N) is 2. The minimum Gasteiger partial charge on any atom is -0.390 e. The average Bonchev–Trinajstić information content (AvgIpc) is 2.94. The molecule has 2 aromatic carbocycles. The van der Waals surface area contributed by atoms with Crippen molar-refractivity contribution in [3.63, 3.8) is 0 Å². The van der Waals surface area contributed by atoms with Crippen molar-refractivity contribution in [2.45, 2.75) is 45.3 Å². The fourth-order valence-electron chi connectivity index (χ4n) is 4.14. The smallest absolute Gasteiger partial charge is 0.139 e. The third-order valence-electron chi connectivity index (χ3n) is 5.57. The van der Waals surface area contributed by atoms with Gasteiger partial charge in [-0.2, -0.15) is 0 Å². The lowest BCUT2D eigenvalue weighted by molar-refractivity contribution is 0.0854. The molecule has 0 radical (unpaired) electrons. The van der Waals surface area contributed by atoms with Gasteiger partial charge < -0.3 is 15.4 Å². The molecule has 136 valence electrons. The van der Waals surface area contributed by atoms with Crippen molar-refractivity contribution in [3.8, 4) is 11.1 Å². The summed E-state index contributed by atoms with van der Waals surface area (Å²) in [5.74, 6) is -1.69. The second kappa shape index (κ2) is 5.55. The van der Waals surface area contributed by atoms with E-state index in [1.54, 1.807) is 19.1 Å². The zero-order valence-electron chi connectivity index (χ0n) is 15.2. The Bertz CT molecular complexity index is 1020. The summed E-state index contributed by atoms with van der Waals surface area (Å²) >= 11 is 0. The minimum atomic E-state index is -0.786. The summed E-state index contributed by atoms with van der Waals surface area (Å²) in [4.78, 5) is 3.12. The summed E-state index contributed by atoms with van der Waals surface area (Å²) in [6, 6.07) is 6.78. The normalized spacial score (nSPS) is 21.5. The van der Waals surface area contributed by atoms with Crippen LogP contribution in [0.5, 0.6) is 0 Å². The van der Waals surface area contributed by atoms with Gasteiger partial charge in [-0.3, -0.25) is 0 Å². The lowest BCUT2D eigenvalue weighted by Gasteiger charge is -2.42. The Hall–Kier alpha value is -2.40. The molecule has 1 aliphatic heterocycles. The fraction of sp³-hybridized carbons (Fsp3) is 0.333. The van der Waals surface area contributed by atoms with Gasteiger partial charge in [0.2, 0.25) is 0 Å². The number of aliphatic hydroxyl groups is 1. The molecule has 2 atom stereocenters.